The zero-order valence-corrected chi connectivity index (χ0v) is 17.3. The van der Waals surface area contributed by atoms with Gasteiger partial charge >= 0.3 is 0 Å². The zero-order valence-electron chi connectivity index (χ0n) is 17.3. The highest BCUT2D eigenvalue weighted by Gasteiger charge is 2.16. The fourth-order valence-electron chi connectivity index (χ4n) is 3.78. The molecule has 0 atom stereocenters. The van der Waals surface area contributed by atoms with Crippen LogP contribution in [0.25, 0.3) is 16.7 Å². The lowest BCUT2D eigenvalue weighted by Gasteiger charge is -2.10. The maximum absolute atomic E-state index is 13.0. The third kappa shape index (κ3) is 3.41. The summed E-state index contributed by atoms with van der Waals surface area (Å²) in [4.78, 5) is 30.0. The van der Waals surface area contributed by atoms with Crippen LogP contribution < -0.4 is 15.6 Å². The normalized spacial score (nSPS) is 11.2. The van der Waals surface area contributed by atoms with E-state index >= 15 is 0 Å². The average molecular weight is 428 g/mol. The summed E-state index contributed by atoms with van der Waals surface area (Å²) in [6, 6.07) is 18.1. The Balaban J connectivity index is 1.40. The molecular formula is C24H20N4O4. The molecule has 0 aliphatic rings. The number of furan rings is 1. The van der Waals surface area contributed by atoms with Crippen LogP contribution in [0.2, 0.25) is 0 Å². The molecule has 8 heteroatoms. The monoisotopic (exact) mass is 428 g/mol. The number of nitrogens with one attached hydrogen (secondary N) is 1. The Hall–Kier alpha value is -4.33. The molecule has 0 saturated heterocycles. The van der Waals surface area contributed by atoms with Crippen LogP contribution in [-0.4, -0.2) is 27.0 Å². The molecule has 8 nitrogen and oxygen atoms in total. The van der Waals surface area contributed by atoms with Crippen LogP contribution in [0.3, 0.4) is 0 Å². The van der Waals surface area contributed by atoms with Crippen molar-refractivity contribution >= 4 is 22.6 Å². The summed E-state index contributed by atoms with van der Waals surface area (Å²) >= 11 is 0. The summed E-state index contributed by atoms with van der Waals surface area (Å²) in [6.07, 6.45) is 3.48. The van der Waals surface area contributed by atoms with Gasteiger partial charge < -0.3 is 18.9 Å². The predicted molar refractivity (Wildman–Crippen MR) is 119 cm³/mol. The Bertz CT molecular complexity index is 1500. The molecule has 160 valence electrons. The van der Waals surface area contributed by atoms with Gasteiger partial charge in [0.05, 0.1) is 19.2 Å². The molecule has 4 aromatic heterocycles. The van der Waals surface area contributed by atoms with Crippen LogP contribution >= 0.6 is 0 Å². The maximum atomic E-state index is 13.0. The first-order valence-corrected chi connectivity index (χ1v) is 10.1. The number of amides is 1. The van der Waals surface area contributed by atoms with E-state index in [4.69, 9.17) is 9.15 Å². The van der Waals surface area contributed by atoms with Gasteiger partial charge in [0.2, 0.25) is 0 Å². The Labute approximate surface area is 182 Å². The van der Waals surface area contributed by atoms with Gasteiger partial charge in [-0.05, 0) is 42.5 Å². The predicted octanol–water partition coefficient (Wildman–Crippen LogP) is 3.23. The van der Waals surface area contributed by atoms with Crippen molar-refractivity contribution < 1.29 is 13.9 Å². The number of carbonyl (C=O) groups excluding carboxylic acids is 1. The minimum Gasteiger partial charge on any atom is -0.496 e. The number of aromatic nitrogens is 3. The molecule has 32 heavy (non-hydrogen) atoms. The summed E-state index contributed by atoms with van der Waals surface area (Å²) in [5.74, 6) is 1.01. The number of methoxy groups -OCH3 is 1. The quantitative estimate of drug-likeness (QED) is 0.448. The molecule has 1 N–H and O–H groups in total. The Morgan fingerprint density at radius 1 is 1.06 bits per heavy atom. The van der Waals surface area contributed by atoms with E-state index in [2.05, 4.69) is 10.3 Å². The topological polar surface area (TPSA) is 90.8 Å². The average Bonchev–Trinajstić information content (AvgIpc) is 3.51. The molecule has 0 fully saturated rings. The number of nitrogens with zero attached hydrogens (tertiary/aromatic N) is 3. The molecule has 0 aliphatic carbocycles. The van der Waals surface area contributed by atoms with E-state index in [1.54, 1.807) is 36.1 Å². The van der Waals surface area contributed by atoms with Gasteiger partial charge in [0.1, 0.15) is 17.0 Å². The number of para-hydroxylation sites is 1. The van der Waals surface area contributed by atoms with Crippen molar-refractivity contribution in [1.82, 2.24) is 19.3 Å². The summed E-state index contributed by atoms with van der Waals surface area (Å²) in [5, 5.41) is 2.83. The van der Waals surface area contributed by atoms with Crippen LogP contribution in [0.5, 0.6) is 5.75 Å². The van der Waals surface area contributed by atoms with Crippen LogP contribution in [0, 0.1) is 0 Å². The first-order valence-electron chi connectivity index (χ1n) is 10.1. The number of benzene rings is 1. The molecule has 0 radical (unpaired) electrons. The number of carbonyl (C=O) groups is 1. The number of fused-ring (bicyclic) bond motifs is 3. The lowest BCUT2D eigenvalue weighted by Crippen LogP contribution is -2.24. The van der Waals surface area contributed by atoms with E-state index in [1.165, 1.54) is 0 Å². The summed E-state index contributed by atoms with van der Waals surface area (Å²) in [5.41, 5.74) is 2.58. The first kappa shape index (κ1) is 19.6. The van der Waals surface area contributed by atoms with Crippen molar-refractivity contribution in [3.05, 3.63) is 100 Å². The van der Waals surface area contributed by atoms with E-state index in [0.717, 1.165) is 11.1 Å². The number of hydrogen-bond donors (Lipinski definition) is 1. The minimum atomic E-state index is -0.348. The fraction of sp³-hybridized carbons (Fsp3) is 0.125. The lowest BCUT2D eigenvalue weighted by atomic mass is 10.2. The van der Waals surface area contributed by atoms with E-state index < -0.39 is 0 Å². The Kier molecular flexibility index (Phi) is 4.95. The molecule has 5 rings (SSSR count). The molecular weight excluding hydrogens is 408 g/mol. The summed E-state index contributed by atoms with van der Waals surface area (Å²) < 4.78 is 14.4. The Morgan fingerprint density at radius 3 is 2.78 bits per heavy atom. The zero-order chi connectivity index (χ0) is 22.1. The van der Waals surface area contributed by atoms with Crippen LogP contribution in [0.1, 0.15) is 21.9 Å². The second-order valence-corrected chi connectivity index (χ2v) is 7.26. The molecule has 0 aliphatic heterocycles. The van der Waals surface area contributed by atoms with Crippen LogP contribution in [0.4, 0.5) is 0 Å². The second kappa shape index (κ2) is 8.07. The largest absolute Gasteiger partial charge is 0.496 e. The Morgan fingerprint density at radius 2 is 1.91 bits per heavy atom. The van der Waals surface area contributed by atoms with E-state index in [9.17, 15) is 9.59 Å². The van der Waals surface area contributed by atoms with Gasteiger partial charge in [-0.1, -0.05) is 18.2 Å². The van der Waals surface area contributed by atoms with Crippen molar-refractivity contribution in [2.75, 3.05) is 7.11 Å². The van der Waals surface area contributed by atoms with Crippen molar-refractivity contribution in [3.63, 3.8) is 0 Å². The van der Waals surface area contributed by atoms with Crippen molar-refractivity contribution in [2.24, 2.45) is 0 Å². The number of hydrogen-bond acceptors (Lipinski definition) is 5. The molecule has 0 unspecified atom stereocenters. The van der Waals surface area contributed by atoms with E-state index in [0.29, 0.717) is 29.2 Å². The van der Waals surface area contributed by atoms with Gasteiger partial charge in [0.15, 0.2) is 11.4 Å². The molecule has 0 bridgehead atoms. The SMILES string of the molecule is COc1ccccc1CNC(=O)c1ccc(Cn2c(=O)c3cccn3c3cccnc32)o1. The maximum Gasteiger partial charge on any atom is 0.287 e. The molecule has 4 heterocycles. The van der Waals surface area contributed by atoms with Gasteiger partial charge in [0.25, 0.3) is 11.5 Å². The van der Waals surface area contributed by atoms with Gasteiger partial charge in [-0.25, -0.2) is 4.98 Å². The molecule has 5 aromatic rings. The standard InChI is InChI=1S/C24H20N4O4/c1-31-20-9-3-2-6-16(20)14-26-23(29)21-11-10-17(32-21)15-28-22-18(7-4-12-25-22)27-13-5-8-19(27)24(28)30/h2-13H,14-15H2,1H3,(H,26,29). The molecule has 1 aromatic carbocycles. The van der Waals surface area contributed by atoms with E-state index in [1.807, 2.05) is 53.1 Å². The van der Waals surface area contributed by atoms with Crippen LogP contribution in [0.15, 0.2) is 82.3 Å². The van der Waals surface area contributed by atoms with Gasteiger partial charge in [-0.2, -0.15) is 0 Å². The van der Waals surface area contributed by atoms with E-state index in [-0.39, 0.29) is 23.8 Å². The minimum absolute atomic E-state index is 0.161. The third-order valence-electron chi connectivity index (χ3n) is 5.33. The second-order valence-electron chi connectivity index (χ2n) is 7.26. The molecule has 1 amide bonds. The number of pyridine rings is 1. The van der Waals surface area contributed by atoms with Gasteiger partial charge in [0, 0.05) is 24.5 Å². The highest BCUT2D eigenvalue weighted by atomic mass is 16.5. The smallest absolute Gasteiger partial charge is 0.287 e. The number of ether oxygens (including phenoxy) is 1. The highest BCUT2D eigenvalue weighted by molar-refractivity contribution is 5.91. The van der Waals surface area contributed by atoms with Gasteiger partial charge in [-0.3, -0.25) is 14.2 Å². The first-order chi connectivity index (χ1) is 15.7. The number of rotatable bonds is 6. The molecule has 0 saturated carbocycles. The highest BCUT2D eigenvalue weighted by Crippen LogP contribution is 2.18. The summed E-state index contributed by atoms with van der Waals surface area (Å²) in [7, 11) is 1.59. The van der Waals surface area contributed by atoms with Crippen molar-refractivity contribution in [3.8, 4) is 5.75 Å². The fourth-order valence-corrected chi connectivity index (χ4v) is 3.78. The van der Waals surface area contributed by atoms with Gasteiger partial charge in [-0.15, -0.1) is 0 Å². The third-order valence-corrected chi connectivity index (χ3v) is 5.33. The molecule has 0 spiro atoms. The lowest BCUT2D eigenvalue weighted by molar-refractivity contribution is 0.0921. The van der Waals surface area contributed by atoms with Crippen molar-refractivity contribution in [2.45, 2.75) is 13.1 Å². The summed E-state index contributed by atoms with van der Waals surface area (Å²) in [6.45, 7) is 0.464. The van der Waals surface area contributed by atoms with Crippen molar-refractivity contribution in [1.29, 1.82) is 0 Å². The van der Waals surface area contributed by atoms with Crippen LogP contribution in [-0.2, 0) is 13.1 Å².